The molecule has 26 heavy (non-hydrogen) atoms. The molecule has 0 aliphatic rings. The number of carbonyl (C=O) groups is 1. The Hall–Kier alpha value is -2.43. The van der Waals surface area contributed by atoms with Crippen molar-refractivity contribution in [3.8, 4) is 0 Å². The summed E-state index contributed by atoms with van der Waals surface area (Å²) in [5, 5.41) is 1.72. The Bertz CT molecular complexity index is 893. The fourth-order valence-electron chi connectivity index (χ4n) is 2.73. The van der Waals surface area contributed by atoms with E-state index in [2.05, 4.69) is 9.88 Å². The van der Waals surface area contributed by atoms with Crippen molar-refractivity contribution >= 4 is 28.4 Å². The molecule has 134 valence electrons. The number of rotatable bonds is 6. The van der Waals surface area contributed by atoms with Crippen LogP contribution in [-0.4, -0.2) is 47.9 Å². The van der Waals surface area contributed by atoms with Crippen LogP contribution < -0.4 is 0 Å². The van der Waals surface area contributed by atoms with E-state index in [4.69, 9.17) is 11.6 Å². The molecule has 3 aromatic rings. The summed E-state index contributed by atoms with van der Waals surface area (Å²) in [4.78, 5) is 21.5. The van der Waals surface area contributed by atoms with E-state index in [0.29, 0.717) is 23.8 Å². The van der Waals surface area contributed by atoms with Crippen LogP contribution in [0.4, 0.5) is 0 Å². The Morgan fingerprint density at radius 2 is 1.69 bits per heavy atom. The second-order valence-corrected chi connectivity index (χ2v) is 6.98. The number of benzene rings is 2. The summed E-state index contributed by atoms with van der Waals surface area (Å²) in [7, 11) is 4.00. The molecule has 0 unspecified atom stereocenters. The normalized spacial score (nSPS) is 11.1. The van der Waals surface area contributed by atoms with E-state index in [0.717, 1.165) is 23.0 Å². The fourth-order valence-corrected chi connectivity index (χ4v) is 2.86. The Labute approximate surface area is 159 Å². The van der Waals surface area contributed by atoms with Gasteiger partial charge in [0.1, 0.15) is 5.69 Å². The van der Waals surface area contributed by atoms with Crippen molar-refractivity contribution in [2.24, 2.45) is 0 Å². The van der Waals surface area contributed by atoms with Gasteiger partial charge in [-0.05, 0) is 43.9 Å². The first-order valence-electron chi connectivity index (χ1n) is 8.57. The van der Waals surface area contributed by atoms with Crippen molar-refractivity contribution in [2.45, 2.75) is 6.54 Å². The van der Waals surface area contributed by atoms with Gasteiger partial charge in [0, 0.05) is 30.0 Å². The SMILES string of the molecule is CN(C)CCN(Cc1ccc(Cl)cc1)C(=O)c1ccc2ccccc2n1. The molecule has 0 spiro atoms. The second-order valence-electron chi connectivity index (χ2n) is 6.55. The third-order valence-electron chi connectivity index (χ3n) is 4.21. The van der Waals surface area contributed by atoms with E-state index in [1.807, 2.05) is 73.6 Å². The van der Waals surface area contributed by atoms with Crippen LogP contribution in [-0.2, 0) is 6.54 Å². The zero-order valence-corrected chi connectivity index (χ0v) is 15.8. The summed E-state index contributed by atoms with van der Waals surface area (Å²) in [6.07, 6.45) is 0. The number of nitrogens with zero attached hydrogens (tertiary/aromatic N) is 3. The largest absolute Gasteiger partial charge is 0.332 e. The van der Waals surface area contributed by atoms with Crippen LogP contribution >= 0.6 is 11.6 Å². The Kier molecular flexibility index (Phi) is 5.86. The minimum Gasteiger partial charge on any atom is -0.332 e. The predicted octanol–water partition coefficient (Wildman–Crippen LogP) is 4.09. The quantitative estimate of drug-likeness (QED) is 0.658. The first kappa shape index (κ1) is 18.4. The standard InChI is InChI=1S/C21H22ClN3O/c1-24(2)13-14-25(15-16-7-10-18(22)11-8-16)21(26)20-12-9-17-5-3-4-6-19(17)23-20/h3-12H,13-15H2,1-2H3. The average Bonchev–Trinajstić information content (AvgIpc) is 2.65. The molecule has 3 rings (SSSR count). The number of aromatic nitrogens is 1. The zero-order valence-electron chi connectivity index (χ0n) is 15.0. The monoisotopic (exact) mass is 367 g/mol. The zero-order chi connectivity index (χ0) is 18.5. The number of hydrogen-bond acceptors (Lipinski definition) is 3. The van der Waals surface area contributed by atoms with Crippen molar-refractivity contribution < 1.29 is 4.79 Å². The minimum absolute atomic E-state index is 0.0625. The van der Waals surface area contributed by atoms with Crippen LogP contribution in [0.25, 0.3) is 10.9 Å². The third-order valence-corrected chi connectivity index (χ3v) is 4.46. The van der Waals surface area contributed by atoms with Gasteiger partial charge in [0.2, 0.25) is 0 Å². The molecule has 0 fully saturated rings. The van der Waals surface area contributed by atoms with Crippen LogP contribution in [0.3, 0.4) is 0 Å². The van der Waals surface area contributed by atoms with Crippen molar-refractivity contribution in [1.82, 2.24) is 14.8 Å². The average molecular weight is 368 g/mol. The number of halogens is 1. The van der Waals surface area contributed by atoms with Gasteiger partial charge in [-0.15, -0.1) is 0 Å². The molecule has 5 heteroatoms. The molecule has 0 N–H and O–H groups in total. The van der Waals surface area contributed by atoms with E-state index in [9.17, 15) is 4.79 Å². The molecule has 1 aromatic heterocycles. The molecule has 1 amide bonds. The van der Waals surface area contributed by atoms with Crippen molar-refractivity contribution in [3.63, 3.8) is 0 Å². The number of likely N-dealkylation sites (N-methyl/N-ethyl adjacent to an activating group) is 1. The Balaban J connectivity index is 1.85. The Morgan fingerprint density at radius 1 is 0.962 bits per heavy atom. The van der Waals surface area contributed by atoms with E-state index < -0.39 is 0 Å². The lowest BCUT2D eigenvalue weighted by molar-refractivity contribution is 0.0726. The highest BCUT2D eigenvalue weighted by molar-refractivity contribution is 6.30. The number of carbonyl (C=O) groups excluding carboxylic acids is 1. The topological polar surface area (TPSA) is 36.4 Å². The highest BCUT2D eigenvalue weighted by Gasteiger charge is 2.18. The molecule has 0 aliphatic carbocycles. The first-order chi connectivity index (χ1) is 12.5. The van der Waals surface area contributed by atoms with Crippen molar-refractivity contribution in [3.05, 3.63) is 76.9 Å². The predicted molar refractivity (Wildman–Crippen MR) is 106 cm³/mol. The fraction of sp³-hybridized carbons (Fsp3) is 0.238. The van der Waals surface area contributed by atoms with Gasteiger partial charge in [0.05, 0.1) is 5.52 Å². The molecule has 0 bridgehead atoms. The van der Waals surface area contributed by atoms with Crippen LogP contribution in [0.15, 0.2) is 60.7 Å². The third kappa shape index (κ3) is 4.59. The maximum Gasteiger partial charge on any atom is 0.272 e. The number of para-hydroxylation sites is 1. The van der Waals surface area contributed by atoms with Gasteiger partial charge in [-0.1, -0.05) is 48.0 Å². The van der Waals surface area contributed by atoms with E-state index in [1.54, 1.807) is 6.07 Å². The van der Waals surface area contributed by atoms with Crippen LogP contribution in [0, 0.1) is 0 Å². The number of hydrogen-bond donors (Lipinski definition) is 0. The summed E-state index contributed by atoms with van der Waals surface area (Å²) in [6.45, 7) is 1.94. The molecule has 0 aliphatic heterocycles. The van der Waals surface area contributed by atoms with Gasteiger partial charge in [-0.3, -0.25) is 4.79 Å². The van der Waals surface area contributed by atoms with E-state index >= 15 is 0 Å². The molecular weight excluding hydrogens is 346 g/mol. The summed E-state index contributed by atoms with van der Waals surface area (Å²) in [5.74, 6) is -0.0625. The van der Waals surface area contributed by atoms with Crippen LogP contribution in [0.5, 0.6) is 0 Å². The highest BCUT2D eigenvalue weighted by Crippen LogP contribution is 2.16. The molecule has 4 nitrogen and oxygen atoms in total. The summed E-state index contributed by atoms with van der Waals surface area (Å²) < 4.78 is 0. The van der Waals surface area contributed by atoms with Crippen LogP contribution in [0.2, 0.25) is 5.02 Å². The lowest BCUT2D eigenvalue weighted by Gasteiger charge is -2.24. The second kappa shape index (κ2) is 8.30. The van der Waals surface area contributed by atoms with Gasteiger partial charge in [-0.2, -0.15) is 0 Å². The molecule has 0 saturated heterocycles. The Morgan fingerprint density at radius 3 is 2.42 bits per heavy atom. The van der Waals surface area contributed by atoms with E-state index in [-0.39, 0.29) is 5.91 Å². The van der Waals surface area contributed by atoms with Gasteiger partial charge < -0.3 is 9.80 Å². The van der Waals surface area contributed by atoms with E-state index in [1.165, 1.54) is 0 Å². The molecule has 0 atom stereocenters. The molecule has 0 saturated carbocycles. The van der Waals surface area contributed by atoms with Gasteiger partial charge >= 0.3 is 0 Å². The molecule has 2 aromatic carbocycles. The lowest BCUT2D eigenvalue weighted by Crippen LogP contribution is -2.36. The number of pyridine rings is 1. The van der Waals surface area contributed by atoms with Crippen molar-refractivity contribution in [2.75, 3.05) is 27.2 Å². The van der Waals surface area contributed by atoms with Crippen LogP contribution in [0.1, 0.15) is 16.1 Å². The first-order valence-corrected chi connectivity index (χ1v) is 8.95. The molecular formula is C21H22ClN3O. The summed E-state index contributed by atoms with van der Waals surface area (Å²) in [5.41, 5.74) is 2.34. The van der Waals surface area contributed by atoms with Crippen molar-refractivity contribution in [1.29, 1.82) is 0 Å². The van der Waals surface area contributed by atoms with Gasteiger partial charge in [0.25, 0.3) is 5.91 Å². The lowest BCUT2D eigenvalue weighted by atomic mass is 10.1. The summed E-state index contributed by atoms with van der Waals surface area (Å²) >= 11 is 5.97. The number of amides is 1. The minimum atomic E-state index is -0.0625. The summed E-state index contributed by atoms with van der Waals surface area (Å²) in [6, 6.07) is 19.2. The highest BCUT2D eigenvalue weighted by atomic mass is 35.5. The van der Waals surface area contributed by atoms with Gasteiger partial charge in [0.15, 0.2) is 0 Å². The maximum absolute atomic E-state index is 13.1. The molecule has 0 radical (unpaired) electrons. The smallest absolute Gasteiger partial charge is 0.272 e. The maximum atomic E-state index is 13.1. The number of fused-ring (bicyclic) bond motifs is 1. The van der Waals surface area contributed by atoms with Gasteiger partial charge in [-0.25, -0.2) is 4.98 Å². The molecule has 1 heterocycles.